The number of rotatable bonds is 4. The van der Waals surface area contributed by atoms with Crippen LogP contribution < -0.4 is 10.6 Å². The maximum absolute atomic E-state index is 12.3. The summed E-state index contributed by atoms with van der Waals surface area (Å²) in [5.74, 6) is -0.190. The Labute approximate surface area is 149 Å². The molecule has 120 valence electrons. The van der Waals surface area contributed by atoms with Gasteiger partial charge in [-0.1, -0.05) is 34.1 Å². The number of anilines is 3. The molecule has 3 rings (SSSR count). The number of para-hydroxylation sites is 1. The topological polar surface area (TPSA) is 54.0 Å². The molecule has 0 aliphatic heterocycles. The lowest BCUT2D eigenvalue weighted by atomic mass is 10.2. The number of hydrogen-bond acceptors (Lipinski definition) is 3. The molecule has 0 fully saturated rings. The summed E-state index contributed by atoms with van der Waals surface area (Å²) in [5, 5.41) is 6.12. The Morgan fingerprint density at radius 3 is 2.50 bits per heavy atom. The van der Waals surface area contributed by atoms with Crippen molar-refractivity contribution in [2.45, 2.75) is 6.92 Å². The Bertz CT molecular complexity index is 865. The molecule has 0 aliphatic rings. The lowest BCUT2D eigenvalue weighted by molar-refractivity contribution is 0.102. The Morgan fingerprint density at radius 2 is 1.75 bits per heavy atom. The molecule has 1 heterocycles. The van der Waals surface area contributed by atoms with Gasteiger partial charge in [-0.3, -0.25) is 9.78 Å². The van der Waals surface area contributed by atoms with Crippen molar-refractivity contribution >= 4 is 38.9 Å². The summed E-state index contributed by atoms with van der Waals surface area (Å²) in [5.41, 5.74) is 4.09. The van der Waals surface area contributed by atoms with Crippen LogP contribution in [0.1, 0.15) is 15.9 Å². The molecule has 4 nitrogen and oxygen atoms in total. The van der Waals surface area contributed by atoms with Crippen LogP contribution in [0, 0.1) is 6.92 Å². The molecule has 0 aliphatic carbocycles. The van der Waals surface area contributed by atoms with Crippen molar-refractivity contribution in [2.75, 3.05) is 10.6 Å². The largest absolute Gasteiger partial charge is 0.354 e. The number of aromatic nitrogens is 1. The van der Waals surface area contributed by atoms with Gasteiger partial charge in [0.15, 0.2) is 0 Å². The second kappa shape index (κ2) is 7.27. The summed E-state index contributed by atoms with van der Waals surface area (Å²) in [6.07, 6.45) is 3.24. The van der Waals surface area contributed by atoms with Crippen LogP contribution in [0.25, 0.3) is 0 Å². The van der Waals surface area contributed by atoms with Crippen LogP contribution >= 0.6 is 15.9 Å². The highest BCUT2D eigenvalue weighted by atomic mass is 79.9. The van der Waals surface area contributed by atoms with Crippen LogP contribution in [0.15, 0.2) is 71.5 Å². The number of pyridine rings is 1. The average molecular weight is 382 g/mol. The Kier molecular flexibility index (Phi) is 4.91. The average Bonchev–Trinajstić information content (AvgIpc) is 2.59. The number of hydrogen-bond donors (Lipinski definition) is 2. The van der Waals surface area contributed by atoms with E-state index in [1.54, 1.807) is 18.5 Å². The van der Waals surface area contributed by atoms with Crippen molar-refractivity contribution in [3.63, 3.8) is 0 Å². The van der Waals surface area contributed by atoms with E-state index in [4.69, 9.17) is 0 Å². The van der Waals surface area contributed by atoms with Crippen LogP contribution in [0.5, 0.6) is 0 Å². The molecule has 0 unspecified atom stereocenters. The zero-order valence-electron chi connectivity index (χ0n) is 13.1. The molecular formula is C19H16BrN3O. The van der Waals surface area contributed by atoms with E-state index in [0.717, 1.165) is 27.1 Å². The number of amides is 1. The Balaban J connectivity index is 1.76. The fraction of sp³-hybridized carbons (Fsp3) is 0.0526. The first-order valence-electron chi connectivity index (χ1n) is 7.46. The molecule has 2 aromatic carbocycles. The minimum Gasteiger partial charge on any atom is -0.354 e. The van der Waals surface area contributed by atoms with Gasteiger partial charge >= 0.3 is 0 Å². The van der Waals surface area contributed by atoms with E-state index in [1.807, 2.05) is 55.5 Å². The Morgan fingerprint density at radius 1 is 0.958 bits per heavy atom. The summed E-state index contributed by atoms with van der Waals surface area (Å²) >= 11 is 3.48. The number of carbonyl (C=O) groups is 1. The molecule has 2 N–H and O–H groups in total. The van der Waals surface area contributed by atoms with Gasteiger partial charge < -0.3 is 10.6 Å². The highest BCUT2D eigenvalue weighted by Crippen LogP contribution is 2.23. The minimum atomic E-state index is -0.190. The van der Waals surface area contributed by atoms with Crippen molar-refractivity contribution in [3.05, 3.63) is 82.6 Å². The van der Waals surface area contributed by atoms with E-state index in [-0.39, 0.29) is 5.91 Å². The number of carbonyl (C=O) groups excluding carboxylic acids is 1. The van der Waals surface area contributed by atoms with E-state index >= 15 is 0 Å². The second-order valence-corrected chi connectivity index (χ2v) is 6.23. The summed E-state index contributed by atoms with van der Waals surface area (Å²) in [4.78, 5) is 16.5. The number of halogens is 1. The first-order valence-corrected chi connectivity index (χ1v) is 8.26. The maximum Gasteiger partial charge on any atom is 0.257 e. The van der Waals surface area contributed by atoms with Gasteiger partial charge in [0.05, 0.1) is 17.4 Å². The van der Waals surface area contributed by atoms with Gasteiger partial charge in [-0.05, 0) is 48.9 Å². The highest BCUT2D eigenvalue weighted by molar-refractivity contribution is 9.10. The molecule has 0 bridgehead atoms. The predicted molar refractivity (Wildman–Crippen MR) is 101 cm³/mol. The number of benzene rings is 2. The van der Waals surface area contributed by atoms with E-state index in [2.05, 4.69) is 31.5 Å². The highest BCUT2D eigenvalue weighted by Gasteiger charge is 2.08. The molecule has 0 atom stereocenters. The first-order chi connectivity index (χ1) is 11.6. The van der Waals surface area contributed by atoms with Gasteiger partial charge in [-0.15, -0.1) is 0 Å². The number of nitrogens with zero attached hydrogens (tertiary/aromatic N) is 1. The van der Waals surface area contributed by atoms with Gasteiger partial charge in [0.25, 0.3) is 5.91 Å². The lowest BCUT2D eigenvalue weighted by Crippen LogP contribution is -2.12. The number of aryl methyl sites for hydroxylation is 1. The zero-order valence-corrected chi connectivity index (χ0v) is 14.7. The summed E-state index contributed by atoms with van der Waals surface area (Å²) in [6, 6.07) is 17.1. The molecule has 1 aromatic heterocycles. The SMILES string of the molecule is Cc1cc(Nc2cncc(C(=O)Nc3ccccc3)c2)ccc1Br. The van der Waals surface area contributed by atoms with Crippen molar-refractivity contribution < 1.29 is 4.79 Å². The van der Waals surface area contributed by atoms with Crippen LogP contribution in [0.2, 0.25) is 0 Å². The normalized spacial score (nSPS) is 10.2. The van der Waals surface area contributed by atoms with Crippen LogP contribution in [0.3, 0.4) is 0 Å². The first kappa shape index (κ1) is 16.2. The summed E-state index contributed by atoms with van der Waals surface area (Å²) in [7, 11) is 0. The van der Waals surface area contributed by atoms with E-state index in [0.29, 0.717) is 5.56 Å². The molecule has 24 heavy (non-hydrogen) atoms. The van der Waals surface area contributed by atoms with E-state index in [1.165, 1.54) is 0 Å². The van der Waals surface area contributed by atoms with E-state index in [9.17, 15) is 4.79 Å². The monoisotopic (exact) mass is 381 g/mol. The molecule has 0 saturated carbocycles. The third-order valence-corrected chi connectivity index (χ3v) is 4.37. The quantitative estimate of drug-likeness (QED) is 0.656. The van der Waals surface area contributed by atoms with Crippen LogP contribution in [-0.2, 0) is 0 Å². The Hall–Kier alpha value is -2.66. The third-order valence-electron chi connectivity index (χ3n) is 3.48. The molecule has 0 radical (unpaired) electrons. The fourth-order valence-electron chi connectivity index (χ4n) is 2.25. The van der Waals surface area contributed by atoms with Crippen LogP contribution in [-0.4, -0.2) is 10.9 Å². The van der Waals surface area contributed by atoms with Crippen molar-refractivity contribution in [1.29, 1.82) is 0 Å². The van der Waals surface area contributed by atoms with Gasteiger partial charge in [0.1, 0.15) is 0 Å². The van der Waals surface area contributed by atoms with Gasteiger partial charge in [0.2, 0.25) is 0 Å². The molecule has 5 heteroatoms. The fourth-order valence-corrected chi connectivity index (χ4v) is 2.49. The molecule has 0 saturated heterocycles. The molecule has 0 spiro atoms. The smallest absolute Gasteiger partial charge is 0.257 e. The van der Waals surface area contributed by atoms with Crippen molar-refractivity contribution in [1.82, 2.24) is 4.98 Å². The summed E-state index contributed by atoms with van der Waals surface area (Å²) in [6.45, 7) is 2.03. The lowest BCUT2D eigenvalue weighted by Gasteiger charge is -2.10. The van der Waals surface area contributed by atoms with Crippen molar-refractivity contribution in [2.24, 2.45) is 0 Å². The van der Waals surface area contributed by atoms with Gasteiger partial charge in [-0.2, -0.15) is 0 Å². The minimum absolute atomic E-state index is 0.190. The zero-order chi connectivity index (χ0) is 16.9. The second-order valence-electron chi connectivity index (χ2n) is 5.37. The maximum atomic E-state index is 12.3. The predicted octanol–water partition coefficient (Wildman–Crippen LogP) is 5.15. The van der Waals surface area contributed by atoms with Gasteiger partial charge in [-0.25, -0.2) is 0 Å². The third kappa shape index (κ3) is 4.00. The standard InChI is InChI=1S/C19H16BrN3O/c1-13-9-16(7-8-18(13)20)22-17-10-14(11-21-12-17)19(24)23-15-5-3-2-4-6-15/h2-12,22H,1H3,(H,23,24). The molecule has 1 amide bonds. The number of nitrogens with one attached hydrogen (secondary N) is 2. The molecule has 3 aromatic rings. The van der Waals surface area contributed by atoms with Crippen LogP contribution in [0.4, 0.5) is 17.1 Å². The summed E-state index contributed by atoms with van der Waals surface area (Å²) < 4.78 is 1.06. The van der Waals surface area contributed by atoms with Crippen molar-refractivity contribution in [3.8, 4) is 0 Å². The van der Waals surface area contributed by atoms with Gasteiger partial charge in [0, 0.05) is 22.0 Å². The van der Waals surface area contributed by atoms with E-state index < -0.39 is 0 Å². The molecular weight excluding hydrogens is 366 g/mol.